The second kappa shape index (κ2) is 3.87. The van der Waals surface area contributed by atoms with Crippen molar-refractivity contribution in [3.63, 3.8) is 0 Å². The normalized spacial score (nSPS) is 18.4. The van der Waals surface area contributed by atoms with Crippen LogP contribution in [-0.4, -0.2) is 23.0 Å². The first-order valence-corrected chi connectivity index (χ1v) is 5.54. The van der Waals surface area contributed by atoms with Crippen molar-refractivity contribution in [2.24, 2.45) is 5.41 Å². The number of nitrogens with two attached hydrogens (primary N) is 1. The van der Waals surface area contributed by atoms with Gasteiger partial charge < -0.3 is 10.6 Å². The molecule has 0 radical (unpaired) electrons. The van der Waals surface area contributed by atoms with Crippen LogP contribution in [0.4, 0.5) is 17.3 Å². The number of aromatic nitrogens is 1. The van der Waals surface area contributed by atoms with Gasteiger partial charge in [0.15, 0.2) is 0 Å². The number of anilines is 2. The number of hydrogen-bond acceptors (Lipinski definition) is 5. The predicted octanol–water partition coefficient (Wildman–Crippen LogP) is 1.81. The second-order valence-corrected chi connectivity index (χ2v) is 5.20. The number of nitro groups is 1. The molecule has 0 saturated carbocycles. The van der Waals surface area contributed by atoms with Gasteiger partial charge in [-0.15, -0.1) is 0 Å². The van der Waals surface area contributed by atoms with Gasteiger partial charge in [0.1, 0.15) is 11.6 Å². The highest BCUT2D eigenvalue weighted by atomic mass is 16.6. The molecule has 1 aliphatic rings. The number of nitrogen functional groups attached to an aromatic ring is 1. The highest BCUT2D eigenvalue weighted by Crippen LogP contribution is 2.33. The first-order chi connectivity index (χ1) is 7.87. The van der Waals surface area contributed by atoms with Gasteiger partial charge in [-0.25, -0.2) is 4.98 Å². The number of rotatable bonds is 2. The smallest absolute Gasteiger partial charge is 0.276 e. The van der Waals surface area contributed by atoms with Gasteiger partial charge in [0.25, 0.3) is 5.69 Å². The van der Waals surface area contributed by atoms with Crippen molar-refractivity contribution >= 4 is 17.3 Å². The quantitative estimate of drug-likeness (QED) is 0.625. The van der Waals surface area contributed by atoms with Gasteiger partial charge >= 0.3 is 0 Å². The third-order valence-corrected chi connectivity index (χ3v) is 3.03. The molecular weight excluding hydrogens is 220 g/mol. The molecule has 0 atom stereocenters. The molecule has 1 aromatic rings. The minimum Gasteiger partial charge on any atom is -0.383 e. The zero-order chi connectivity index (χ0) is 12.6. The molecule has 92 valence electrons. The zero-order valence-corrected chi connectivity index (χ0v) is 10.0. The average molecular weight is 236 g/mol. The Kier molecular flexibility index (Phi) is 2.65. The molecule has 0 unspecified atom stereocenters. The van der Waals surface area contributed by atoms with Crippen LogP contribution in [0.5, 0.6) is 0 Å². The van der Waals surface area contributed by atoms with Crippen molar-refractivity contribution < 1.29 is 4.92 Å². The third kappa shape index (κ3) is 2.46. The zero-order valence-electron chi connectivity index (χ0n) is 10.0. The summed E-state index contributed by atoms with van der Waals surface area (Å²) in [7, 11) is 0. The van der Waals surface area contributed by atoms with Crippen LogP contribution in [0.25, 0.3) is 0 Å². The second-order valence-electron chi connectivity index (χ2n) is 5.20. The van der Waals surface area contributed by atoms with Crippen molar-refractivity contribution in [1.82, 2.24) is 4.98 Å². The van der Waals surface area contributed by atoms with Crippen LogP contribution in [0.2, 0.25) is 0 Å². The summed E-state index contributed by atoms with van der Waals surface area (Å²) in [4.78, 5) is 16.5. The lowest BCUT2D eigenvalue weighted by molar-refractivity contribution is -0.384. The number of nitrogens with zero attached hydrogens (tertiary/aromatic N) is 3. The highest BCUT2D eigenvalue weighted by Gasteiger charge is 2.30. The Balaban J connectivity index is 2.30. The Morgan fingerprint density at radius 3 is 2.76 bits per heavy atom. The molecular formula is C11H16N4O2. The van der Waals surface area contributed by atoms with Crippen molar-refractivity contribution in [3.05, 3.63) is 22.2 Å². The van der Waals surface area contributed by atoms with Crippen molar-refractivity contribution in [2.75, 3.05) is 23.7 Å². The summed E-state index contributed by atoms with van der Waals surface area (Å²) in [5.41, 5.74) is 5.81. The molecule has 0 aromatic carbocycles. The van der Waals surface area contributed by atoms with Crippen molar-refractivity contribution in [1.29, 1.82) is 0 Å². The Morgan fingerprint density at radius 1 is 1.53 bits per heavy atom. The van der Waals surface area contributed by atoms with Crippen LogP contribution in [0.15, 0.2) is 12.1 Å². The highest BCUT2D eigenvalue weighted by molar-refractivity contribution is 5.54. The fourth-order valence-corrected chi connectivity index (χ4v) is 2.10. The van der Waals surface area contributed by atoms with Crippen LogP contribution in [0.3, 0.4) is 0 Å². The molecule has 6 nitrogen and oxygen atoms in total. The van der Waals surface area contributed by atoms with Crippen LogP contribution >= 0.6 is 0 Å². The molecule has 0 amide bonds. The summed E-state index contributed by atoms with van der Waals surface area (Å²) in [6.45, 7) is 6.06. The Bertz CT molecular complexity index is 459. The van der Waals surface area contributed by atoms with Gasteiger partial charge in [0, 0.05) is 13.1 Å². The van der Waals surface area contributed by atoms with E-state index in [0.717, 1.165) is 19.5 Å². The monoisotopic (exact) mass is 236 g/mol. The fraction of sp³-hybridized carbons (Fsp3) is 0.545. The summed E-state index contributed by atoms with van der Waals surface area (Å²) in [6.07, 6.45) is 1.05. The molecule has 2 rings (SSSR count). The van der Waals surface area contributed by atoms with Crippen LogP contribution in [0.1, 0.15) is 20.3 Å². The van der Waals surface area contributed by atoms with Gasteiger partial charge in [0.05, 0.1) is 17.1 Å². The minimum absolute atomic E-state index is 0.00259. The minimum atomic E-state index is -0.442. The van der Waals surface area contributed by atoms with E-state index in [1.54, 1.807) is 0 Å². The van der Waals surface area contributed by atoms with Crippen molar-refractivity contribution in [2.45, 2.75) is 20.3 Å². The fourth-order valence-electron chi connectivity index (χ4n) is 2.10. The third-order valence-electron chi connectivity index (χ3n) is 3.03. The van der Waals surface area contributed by atoms with E-state index >= 15 is 0 Å². The van der Waals surface area contributed by atoms with E-state index in [-0.39, 0.29) is 16.9 Å². The standard InChI is InChI=1S/C11H16N4O2/c1-11(2)3-4-14(7-11)10-6-8(15(16)17)5-9(12)13-10/h5-6H,3-4,7H2,1-2H3,(H2,12,13). The molecule has 6 heteroatoms. The maximum atomic E-state index is 10.8. The maximum Gasteiger partial charge on any atom is 0.276 e. The topological polar surface area (TPSA) is 85.3 Å². The van der Waals surface area contributed by atoms with Gasteiger partial charge in [0.2, 0.25) is 0 Å². The van der Waals surface area contributed by atoms with Crippen LogP contribution < -0.4 is 10.6 Å². The van der Waals surface area contributed by atoms with Crippen LogP contribution in [-0.2, 0) is 0 Å². The van der Waals surface area contributed by atoms with E-state index in [4.69, 9.17) is 5.73 Å². The Labute approximate surface area is 99.6 Å². The molecule has 0 spiro atoms. The van der Waals surface area contributed by atoms with E-state index in [2.05, 4.69) is 18.8 Å². The molecule has 2 N–H and O–H groups in total. The summed E-state index contributed by atoms with van der Waals surface area (Å²) < 4.78 is 0. The summed E-state index contributed by atoms with van der Waals surface area (Å²) in [5, 5.41) is 10.8. The summed E-state index contributed by atoms with van der Waals surface area (Å²) >= 11 is 0. The predicted molar refractivity (Wildman–Crippen MR) is 65.9 cm³/mol. The lowest BCUT2D eigenvalue weighted by Gasteiger charge is -2.20. The van der Waals surface area contributed by atoms with Gasteiger partial charge in [-0.1, -0.05) is 13.8 Å². The number of pyridine rings is 1. The molecule has 1 saturated heterocycles. The largest absolute Gasteiger partial charge is 0.383 e. The molecule has 17 heavy (non-hydrogen) atoms. The molecule has 0 aliphatic carbocycles. The first-order valence-electron chi connectivity index (χ1n) is 5.54. The summed E-state index contributed by atoms with van der Waals surface area (Å²) in [6, 6.07) is 2.77. The Morgan fingerprint density at radius 2 is 2.24 bits per heavy atom. The molecule has 0 bridgehead atoms. The van der Waals surface area contributed by atoms with Crippen LogP contribution in [0, 0.1) is 15.5 Å². The number of hydrogen-bond donors (Lipinski definition) is 1. The molecule has 1 aliphatic heterocycles. The van der Waals surface area contributed by atoms with E-state index in [1.165, 1.54) is 12.1 Å². The maximum absolute atomic E-state index is 10.8. The average Bonchev–Trinajstić information content (AvgIpc) is 2.58. The Hall–Kier alpha value is -1.85. The summed E-state index contributed by atoms with van der Waals surface area (Å²) in [5.74, 6) is 0.793. The van der Waals surface area contributed by atoms with Crippen molar-refractivity contribution in [3.8, 4) is 0 Å². The lowest BCUT2D eigenvalue weighted by atomic mass is 9.93. The SMILES string of the molecule is CC1(C)CCN(c2cc([N+](=O)[O-])cc(N)n2)C1. The van der Waals surface area contributed by atoms with Gasteiger partial charge in [-0.2, -0.15) is 0 Å². The van der Waals surface area contributed by atoms with E-state index in [9.17, 15) is 10.1 Å². The molecule has 2 heterocycles. The molecule has 1 aromatic heterocycles. The van der Waals surface area contributed by atoms with E-state index < -0.39 is 4.92 Å². The van der Waals surface area contributed by atoms with E-state index in [0.29, 0.717) is 5.82 Å². The first kappa shape index (κ1) is 11.6. The lowest BCUT2D eigenvalue weighted by Crippen LogP contribution is -2.23. The molecule has 1 fully saturated rings. The van der Waals surface area contributed by atoms with E-state index in [1.807, 2.05) is 4.90 Å². The van der Waals surface area contributed by atoms with Gasteiger partial charge in [-0.3, -0.25) is 10.1 Å². The van der Waals surface area contributed by atoms with Gasteiger partial charge in [-0.05, 0) is 11.8 Å².